The fourth-order valence-corrected chi connectivity index (χ4v) is 3.21. The highest BCUT2D eigenvalue weighted by atomic mass is 32.2. The summed E-state index contributed by atoms with van der Waals surface area (Å²) in [6, 6.07) is 8.34. The molecule has 2 N–H and O–H groups in total. The maximum atomic E-state index is 12.4. The van der Waals surface area contributed by atoms with Crippen LogP contribution in [0, 0.1) is 0 Å². The molecular formula is C18H26N2O8S. The van der Waals surface area contributed by atoms with E-state index in [4.69, 9.17) is 9.47 Å². The van der Waals surface area contributed by atoms with Crippen molar-refractivity contribution in [2.24, 2.45) is 0 Å². The van der Waals surface area contributed by atoms with Crippen LogP contribution in [0.5, 0.6) is 0 Å². The van der Waals surface area contributed by atoms with Gasteiger partial charge in [-0.05, 0) is 26.0 Å². The van der Waals surface area contributed by atoms with E-state index < -0.39 is 52.6 Å². The Kier molecular flexibility index (Phi) is 7.35. The van der Waals surface area contributed by atoms with Gasteiger partial charge >= 0.3 is 0 Å². The molecule has 162 valence electrons. The minimum Gasteiger partial charge on any atom is -0.388 e. The van der Waals surface area contributed by atoms with Crippen molar-refractivity contribution in [3.63, 3.8) is 0 Å². The lowest BCUT2D eigenvalue weighted by atomic mass is 10.1. The Balaban J connectivity index is 2.10. The quantitative estimate of drug-likeness (QED) is 0.458. The Hall–Kier alpha value is -2.05. The van der Waals surface area contributed by atoms with E-state index in [0.29, 0.717) is 5.56 Å². The van der Waals surface area contributed by atoms with E-state index >= 15 is 0 Å². The number of ether oxygens (including phenoxy) is 2. The van der Waals surface area contributed by atoms with Gasteiger partial charge in [0.05, 0.1) is 19.4 Å². The average Bonchev–Trinajstić information content (AvgIpc) is 2.93. The lowest BCUT2D eigenvalue weighted by Crippen LogP contribution is -2.52. The second-order valence-electron chi connectivity index (χ2n) is 7.13. The van der Waals surface area contributed by atoms with Crippen LogP contribution >= 0.6 is 0 Å². The maximum Gasteiger partial charge on any atom is 0.269 e. The van der Waals surface area contributed by atoms with Gasteiger partial charge in [-0.2, -0.15) is 8.42 Å². The van der Waals surface area contributed by atoms with E-state index in [0.717, 1.165) is 11.3 Å². The number of hydrazine groups is 1. The van der Waals surface area contributed by atoms with E-state index in [-0.39, 0.29) is 6.54 Å². The number of rotatable bonds is 7. The molecule has 1 aliphatic heterocycles. The summed E-state index contributed by atoms with van der Waals surface area (Å²) in [5.41, 5.74) is 2.87. The second-order valence-corrected chi connectivity index (χ2v) is 8.78. The van der Waals surface area contributed by atoms with Crippen LogP contribution in [0.15, 0.2) is 30.3 Å². The van der Waals surface area contributed by atoms with E-state index in [1.54, 1.807) is 44.2 Å². The van der Waals surface area contributed by atoms with Gasteiger partial charge < -0.3 is 14.6 Å². The van der Waals surface area contributed by atoms with Gasteiger partial charge in [0, 0.05) is 12.5 Å². The van der Waals surface area contributed by atoms with Gasteiger partial charge in [-0.1, -0.05) is 18.2 Å². The molecule has 0 spiro atoms. The van der Waals surface area contributed by atoms with Crippen LogP contribution in [0.3, 0.4) is 0 Å². The standard InChI is InChI=1S/C18H26N2O8S/c1-12(21)20(19-17(23)13-8-6-5-7-9-13)10-15-16(28-18(2,3)27-15)14(22)11-26-29(4,24)25/h5-9,14-16,22H,10-11H2,1-4H3,(H,19,23)/t14-,15+,16+/m1/s1. The van der Waals surface area contributed by atoms with E-state index in [9.17, 15) is 23.1 Å². The molecule has 0 saturated carbocycles. The Bertz CT molecular complexity index is 828. The van der Waals surface area contributed by atoms with Crippen LogP contribution in [0.2, 0.25) is 0 Å². The third kappa shape index (κ3) is 7.05. The number of carbonyl (C=O) groups excluding carboxylic acids is 2. The lowest BCUT2D eigenvalue weighted by molar-refractivity contribution is -0.158. The smallest absolute Gasteiger partial charge is 0.269 e. The molecule has 29 heavy (non-hydrogen) atoms. The number of carbonyl (C=O) groups is 2. The first kappa shape index (κ1) is 23.2. The molecule has 2 rings (SSSR count). The van der Waals surface area contributed by atoms with Crippen molar-refractivity contribution < 1.29 is 36.8 Å². The molecule has 0 unspecified atom stereocenters. The zero-order valence-corrected chi connectivity index (χ0v) is 17.5. The van der Waals surface area contributed by atoms with Crippen LogP contribution in [-0.2, 0) is 28.6 Å². The van der Waals surface area contributed by atoms with E-state index in [1.807, 2.05) is 0 Å². The van der Waals surface area contributed by atoms with Crippen LogP contribution in [0.4, 0.5) is 0 Å². The molecule has 3 atom stereocenters. The molecule has 1 aromatic carbocycles. The summed E-state index contributed by atoms with van der Waals surface area (Å²) in [5.74, 6) is -2.03. The van der Waals surface area contributed by atoms with Gasteiger partial charge in [0.1, 0.15) is 18.3 Å². The molecular weight excluding hydrogens is 404 g/mol. The number of aliphatic hydroxyl groups is 1. The SMILES string of the molecule is CC(=O)N(C[C@@H]1OC(C)(C)O[C@H]1[C@H](O)COS(C)(=O)=O)NC(=O)c1ccccc1. The molecule has 1 aliphatic rings. The summed E-state index contributed by atoms with van der Waals surface area (Å²) in [6.45, 7) is 3.84. The average molecular weight is 430 g/mol. The third-order valence-electron chi connectivity index (χ3n) is 4.07. The number of aliphatic hydroxyl groups excluding tert-OH is 1. The molecule has 2 amide bonds. The van der Waals surface area contributed by atoms with Crippen molar-refractivity contribution in [2.75, 3.05) is 19.4 Å². The highest BCUT2D eigenvalue weighted by Gasteiger charge is 2.46. The Morgan fingerprint density at radius 3 is 2.45 bits per heavy atom. The minimum atomic E-state index is -3.76. The third-order valence-corrected chi connectivity index (χ3v) is 4.63. The topological polar surface area (TPSA) is 131 Å². The van der Waals surface area contributed by atoms with E-state index in [1.165, 1.54) is 6.92 Å². The summed E-state index contributed by atoms with van der Waals surface area (Å²) < 4.78 is 38.4. The molecule has 1 heterocycles. The van der Waals surface area contributed by atoms with Gasteiger partial charge in [-0.15, -0.1) is 0 Å². The van der Waals surface area contributed by atoms with Gasteiger partial charge in [0.2, 0.25) is 5.91 Å². The molecule has 1 aromatic rings. The van der Waals surface area contributed by atoms with Gasteiger partial charge in [-0.3, -0.25) is 24.2 Å². The first-order valence-corrected chi connectivity index (χ1v) is 10.7. The Labute approximate surface area is 169 Å². The second kappa shape index (κ2) is 9.18. The predicted octanol–water partition coefficient (Wildman–Crippen LogP) is 0.0371. The zero-order valence-electron chi connectivity index (χ0n) is 16.7. The van der Waals surface area contributed by atoms with Crippen molar-refractivity contribution in [2.45, 2.75) is 44.9 Å². The molecule has 10 nitrogen and oxygen atoms in total. The maximum absolute atomic E-state index is 12.4. The largest absolute Gasteiger partial charge is 0.388 e. The summed E-state index contributed by atoms with van der Waals surface area (Å²) in [6.07, 6.45) is -2.30. The molecule has 1 fully saturated rings. The highest BCUT2D eigenvalue weighted by Crippen LogP contribution is 2.30. The first-order valence-electron chi connectivity index (χ1n) is 8.90. The summed E-state index contributed by atoms with van der Waals surface area (Å²) in [7, 11) is -3.76. The number of nitrogens with zero attached hydrogens (tertiary/aromatic N) is 1. The van der Waals surface area contributed by atoms with E-state index in [2.05, 4.69) is 9.61 Å². The number of hydrogen-bond acceptors (Lipinski definition) is 8. The molecule has 0 aliphatic carbocycles. The monoisotopic (exact) mass is 430 g/mol. The van der Waals surface area contributed by atoms with Crippen LogP contribution in [0.1, 0.15) is 31.1 Å². The normalized spacial score (nSPS) is 22.1. The molecule has 0 radical (unpaired) electrons. The Morgan fingerprint density at radius 1 is 1.28 bits per heavy atom. The summed E-state index contributed by atoms with van der Waals surface area (Å²) in [5, 5.41) is 11.4. The fourth-order valence-electron chi connectivity index (χ4n) is 2.83. The van der Waals surface area contributed by atoms with Crippen molar-refractivity contribution in [1.82, 2.24) is 10.4 Å². The van der Waals surface area contributed by atoms with Crippen molar-refractivity contribution in [1.29, 1.82) is 0 Å². The molecule has 0 bridgehead atoms. The van der Waals surface area contributed by atoms with Crippen molar-refractivity contribution in [3.05, 3.63) is 35.9 Å². The molecule has 1 saturated heterocycles. The highest BCUT2D eigenvalue weighted by molar-refractivity contribution is 7.85. The van der Waals surface area contributed by atoms with Crippen molar-refractivity contribution >= 4 is 21.9 Å². The minimum absolute atomic E-state index is 0.127. The number of amides is 2. The number of benzene rings is 1. The first-order chi connectivity index (χ1) is 13.4. The molecule has 11 heteroatoms. The van der Waals surface area contributed by atoms with Crippen LogP contribution in [0.25, 0.3) is 0 Å². The number of hydrogen-bond donors (Lipinski definition) is 2. The summed E-state index contributed by atoms with van der Waals surface area (Å²) in [4.78, 5) is 24.4. The zero-order chi connectivity index (χ0) is 21.8. The van der Waals surface area contributed by atoms with Gasteiger partial charge in [0.25, 0.3) is 16.0 Å². The van der Waals surface area contributed by atoms with Gasteiger partial charge in [-0.25, -0.2) is 0 Å². The summed E-state index contributed by atoms with van der Waals surface area (Å²) >= 11 is 0. The van der Waals surface area contributed by atoms with Crippen molar-refractivity contribution in [3.8, 4) is 0 Å². The van der Waals surface area contributed by atoms with Crippen LogP contribution < -0.4 is 5.43 Å². The molecule has 0 aromatic heterocycles. The van der Waals surface area contributed by atoms with Gasteiger partial charge in [0.15, 0.2) is 5.79 Å². The fraction of sp³-hybridized carbons (Fsp3) is 0.556. The number of nitrogens with one attached hydrogen (secondary N) is 1. The lowest BCUT2D eigenvalue weighted by Gasteiger charge is -2.28. The predicted molar refractivity (Wildman–Crippen MR) is 102 cm³/mol. The van der Waals surface area contributed by atoms with Crippen LogP contribution in [-0.4, -0.2) is 73.9 Å². The Morgan fingerprint density at radius 2 is 1.90 bits per heavy atom.